The molecule has 0 aliphatic heterocycles. The van der Waals surface area contributed by atoms with Gasteiger partial charge in [-0.1, -0.05) is 17.7 Å². The molecule has 0 spiro atoms. The second kappa shape index (κ2) is 6.99. The monoisotopic (exact) mass is 305 g/mol. The number of nitrogens with zero attached hydrogens (tertiary/aromatic N) is 1. The van der Waals surface area contributed by atoms with Crippen LogP contribution in [-0.4, -0.2) is 27.5 Å². The van der Waals surface area contributed by atoms with E-state index in [-0.39, 0.29) is 0 Å². The highest BCUT2D eigenvalue weighted by atomic mass is 35.5. The molecule has 5 heteroatoms. The number of hydrogen-bond donors (Lipinski definition) is 0. The number of aliphatic imine (C=N–C) groups is 1. The maximum Gasteiger partial charge on any atom is 0.169 e. The van der Waals surface area contributed by atoms with Crippen LogP contribution in [0.4, 0.5) is 5.69 Å². The lowest BCUT2D eigenvalue weighted by Gasteiger charge is -2.09. The Kier molecular flexibility index (Phi) is 5.06. The molecule has 0 amide bonds. The summed E-state index contributed by atoms with van der Waals surface area (Å²) in [5.74, 6) is 1.92. The molecule has 2 aromatic carbocycles. The van der Waals surface area contributed by atoms with Gasteiger partial charge in [-0.15, -0.1) is 0 Å². The fourth-order valence-electron chi connectivity index (χ4n) is 1.89. The van der Waals surface area contributed by atoms with Gasteiger partial charge in [-0.05, 0) is 30.3 Å². The number of ether oxygens (including phenoxy) is 3. The van der Waals surface area contributed by atoms with Crippen molar-refractivity contribution in [1.29, 1.82) is 0 Å². The average molecular weight is 306 g/mol. The van der Waals surface area contributed by atoms with Crippen molar-refractivity contribution in [3.63, 3.8) is 0 Å². The van der Waals surface area contributed by atoms with Gasteiger partial charge in [-0.2, -0.15) is 0 Å². The maximum atomic E-state index is 6.07. The standard InChI is InChI=1S/C16H16ClNO3/c1-19-14-8-7-12(9-13(14)17)18-10-11-5-4-6-15(20-2)16(11)21-3/h4-10H,1-3H3. The third kappa shape index (κ3) is 3.47. The maximum absolute atomic E-state index is 6.07. The van der Waals surface area contributed by atoms with Gasteiger partial charge in [-0.3, -0.25) is 4.99 Å². The first-order valence-corrected chi connectivity index (χ1v) is 6.66. The number of methoxy groups -OCH3 is 3. The highest BCUT2D eigenvalue weighted by Crippen LogP contribution is 2.31. The van der Waals surface area contributed by atoms with Crippen LogP contribution in [-0.2, 0) is 0 Å². The van der Waals surface area contributed by atoms with E-state index in [2.05, 4.69) is 4.99 Å². The molecule has 0 unspecified atom stereocenters. The molecule has 110 valence electrons. The second-order valence-electron chi connectivity index (χ2n) is 4.16. The van der Waals surface area contributed by atoms with Gasteiger partial charge in [0.05, 0.1) is 32.0 Å². The van der Waals surface area contributed by atoms with Crippen LogP contribution in [0.5, 0.6) is 17.2 Å². The molecule has 0 saturated heterocycles. The van der Waals surface area contributed by atoms with Crippen LogP contribution in [0.15, 0.2) is 41.4 Å². The van der Waals surface area contributed by atoms with E-state index in [1.807, 2.05) is 24.3 Å². The highest BCUT2D eigenvalue weighted by molar-refractivity contribution is 6.32. The molecule has 0 heterocycles. The second-order valence-corrected chi connectivity index (χ2v) is 4.57. The van der Waals surface area contributed by atoms with Crippen LogP contribution >= 0.6 is 11.6 Å². The van der Waals surface area contributed by atoms with Crippen LogP contribution < -0.4 is 14.2 Å². The number of halogens is 1. The predicted octanol–water partition coefficient (Wildman–Crippen LogP) is 4.12. The van der Waals surface area contributed by atoms with Gasteiger partial charge in [0.15, 0.2) is 11.5 Å². The Balaban J connectivity index is 2.31. The minimum Gasteiger partial charge on any atom is -0.495 e. The molecule has 0 aliphatic carbocycles. The number of benzene rings is 2. The van der Waals surface area contributed by atoms with Gasteiger partial charge in [-0.25, -0.2) is 0 Å². The van der Waals surface area contributed by atoms with Crippen molar-refractivity contribution in [2.45, 2.75) is 0 Å². The fourth-order valence-corrected chi connectivity index (χ4v) is 2.15. The fraction of sp³-hybridized carbons (Fsp3) is 0.188. The topological polar surface area (TPSA) is 40.0 Å². The van der Waals surface area contributed by atoms with Crippen molar-refractivity contribution in [3.05, 3.63) is 47.0 Å². The van der Waals surface area contributed by atoms with E-state index in [1.54, 1.807) is 39.7 Å². The summed E-state index contributed by atoms with van der Waals surface area (Å²) in [4.78, 5) is 4.40. The Bertz CT molecular complexity index is 656. The lowest BCUT2D eigenvalue weighted by atomic mass is 10.2. The summed E-state index contributed by atoms with van der Waals surface area (Å²) in [5.41, 5.74) is 1.55. The Morgan fingerprint density at radius 1 is 0.952 bits per heavy atom. The minimum atomic E-state index is 0.518. The molecule has 21 heavy (non-hydrogen) atoms. The lowest BCUT2D eigenvalue weighted by molar-refractivity contribution is 0.354. The van der Waals surface area contributed by atoms with E-state index in [0.717, 1.165) is 11.3 Å². The molecule has 2 rings (SSSR count). The van der Waals surface area contributed by atoms with E-state index in [1.165, 1.54) is 0 Å². The Morgan fingerprint density at radius 2 is 1.71 bits per heavy atom. The van der Waals surface area contributed by atoms with E-state index in [9.17, 15) is 0 Å². The zero-order valence-electron chi connectivity index (χ0n) is 12.1. The van der Waals surface area contributed by atoms with Gasteiger partial charge in [0.1, 0.15) is 5.75 Å². The average Bonchev–Trinajstić information content (AvgIpc) is 2.52. The van der Waals surface area contributed by atoms with Crippen molar-refractivity contribution in [2.24, 2.45) is 4.99 Å². The van der Waals surface area contributed by atoms with Crippen molar-refractivity contribution >= 4 is 23.5 Å². The normalized spacial score (nSPS) is 10.7. The largest absolute Gasteiger partial charge is 0.495 e. The molecule has 0 N–H and O–H groups in total. The molecule has 0 fully saturated rings. The van der Waals surface area contributed by atoms with Crippen molar-refractivity contribution < 1.29 is 14.2 Å². The smallest absolute Gasteiger partial charge is 0.169 e. The summed E-state index contributed by atoms with van der Waals surface area (Å²) in [6.07, 6.45) is 1.71. The molecule has 0 bridgehead atoms. The summed E-state index contributed by atoms with van der Waals surface area (Å²) in [6, 6.07) is 11.0. The summed E-state index contributed by atoms with van der Waals surface area (Å²) < 4.78 is 15.7. The van der Waals surface area contributed by atoms with Gasteiger partial charge < -0.3 is 14.2 Å². The van der Waals surface area contributed by atoms with Gasteiger partial charge in [0, 0.05) is 11.8 Å². The molecule has 0 saturated carbocycles. The van der Waals surface area contributed by atoms with Gasteiger partial charge in [0.2, 0.25) is 0 Å². The van der Waals surface area contributed by atoms with Crippen LogP contribution in [0.1, 0.15) is 5.56 Å². The van der Waals surface area contributed by atoms with Gasteiger partial charge in [0.25, 0.3) is 0 Å². The summed E-state index contributed by atoms with van der Waals surface area (Å²) in [5, 5.41) is 0.518. The molecule has 0 radical (unpaired) electrons. The molecular formula is C16H16ClNO3. The van der Waals surface area contributed by atoms with Gasteiger partial charge >= 0.3 is 0 Å². The zero-order valence-corrected chi connectivity index (χ0v) is 12.8. The number of hydrogen-bond acceptors (Lipinski definition) is 4. The van der Waals surface area contributed by atoms with Crippen LogP contribution in [0.25, 0.3) is 0 Å². The molecule has 2 aromatic rings. The third-order valence-electron chi connectivity index (χ3n) is 2.92. The quantitative estimate of drug-likeness (QED) is 0.780. The number of rotatable bonds is 5. The van der Waals surface area contributed by atoms with Crippen LogP contribution in [0.3, 0.4) is 0 Å². The van der Waals surface area contributed by atoms with E-state index >= 15 is 0 Å². The summed E-state index contributed by atoms with van der Waals surface area (Å²) in [6.45, 7) is 0. The van der Waals surface area contributed by atoms with Crippen molar-refractivity contribution in [2.75, 3.05) is 21.3 Å². The predicted molar refractivity (Wildman–Crippen MR) is 84.8 cm³/mol. The van der Waals surface area contributed by atoms with Crippen molar-refractivity contribution in [3.8, 4) is 17.2 Å². The first-order chi connectivity index (χ1) is 10.2. The first-order valence-electron chi connectivity index (χ1n) is 6.28. The molecule has 0 aliphatic rings. The van der Waals surface area contributed by atoms with Crippen LogP contribution in [0.2, 0.25) is 5.02 Å². The van der Waals surface area contributed by atoms with E-state index in [0.29, 0.717) is 22.3 Å². The first kappa shape index (κ1) is 15.2. The Morgan fingerprint density at radius 3 is 2.33 bits per heavy atom. The molecular weight excluding hydrogens is 290 g/mol. The van der Waals surface area contributed by atoms with E-state index < -0.39 is 0 Å². The SMILES string of the molecule is COc1ccc(N=Cc2cccc(OC)c2OC)cc1Cl. The molecule has 4 nitrogen and oxygen atoms in total. The molecule has 0 atom stereocenters. The van der Waals surface area contributed by atoms with E-state index in [4.69, 9.17) is 25.8 Å². The zero-order chi connectivity index (χ0) is 15.2. The minimum absolute atomic E-state index is 0.518. The highest BCUT2D eigenvalue weighted by Gasteiger charge is 2.07. The Hall–Kier alpha value is -2.20. The summed E-state index contributed by atoms with van der Waals surface area (Å²) >= 11 is 6.07. The molecule has 0 aromatic heterocycles. The Labute approximate surface area is 128 Å². The summed E-state index contributed by atoms with van der Waals surface area (Å²) in [7, 11) is 4.77. The lowest BCUT2D eigenvalue weighted by Crippen LogP contribution is -1.94. The number of para-hydroxylation sites is 1. The van der Waals surface area contributed by atoms with Crippen molar-refractivity contribution in [1.82, 2.24) is 0 Å². The van der Waals surface area contributed by atoms with Crippen LogP contribution in [0, 0.1) is 0 Å². The third-order valence-corrected chi connectivity index (χ3v) is 3.22.